The molecule has 1 N–H and O–H groups in total. The van der Waals surface area contributed by atoms with E-state index in [1.807, 2.05) is 25.1 Å². The van der Waals surface area contributed by atoms with E-state index in [1.165, 1.54) is 0 Å². The summed E-state index contributed by atoms with van der Waals surface area (Å²) >= 11 is 6.10. The Labute approximate surface area is 163 Å². The quantitative estimate of drug-likeness (QED) is 0.662. The van der Waals surface area contributed by atoms with E-state index < -0.39 is 11.9 Å². The van der Waals surface area contributed by atoms with E-state index in [9.17, 15) is 9.59 Å². The van der Waals surface area contributed by atoms with Crippen LogP contribution in [0.2, 0.25) is 5.02 Å². The minimum Gasteiger partial charge on any atom is -0.494 e. The van der Waals surface area contributed by atoms with Crippen LogP contribution >= 0.6 is 11.6 Å². The first kappa shape index (κ1) is 20.6. The van der Waals surface area contributed by atoms with Gasteiger partial charge in [-0.05, 0) is 49.7 Å². The van der Waals surface area contributed by atoms with Crippen LogP contribution in [-0.4, -0.2) is 31.7 Å². The summed E-state index contributed by atoms with van der Waals surface area (Å²) in [5.41, 5.74) is 0.790. The SMILES string of the molecule is CCOc1ccc(OCC(=O)OCC(=O)N[C@@H](C)c2ccccc2Cl)cc1. The lowest BCUT2D eigenvalue weighted by atomic mass is 10.1. The third-order valence-electron chi connectivity index (χ3n) is 3.60. The second-order valence-corrected chi connectivity index (χ2v) is 6.07. The first-order valence-corrected chi connectivity index (χ1v) is 8.92. The molecule has 2 aromatic rings. The van der Waals surface area contributed by atoms with Crippen molar-refractivity contribution in [2.75, 3.05) is 19.8 Å². The largest absolute Gasteiger partial charge is 0.494 e. The molecule has 0 aromatic heterocycles. The number of amides is 1. The standard InChI is InChI=1S/C20H22ClNO5/c1-3-25-15-8-10-16(11-9-15)26-13-20(24)27-12-19(23)22-14(2)17-6-4-5-7-18(17)21/h4-11,14H,3,12-13H2,1-2H3,(H,22,23)/t14-/m0/s1. The summed E-state index contributed by atoms with van der Waals surface area (Å²) in [4.78, 5) is 23.7. The number of hydrogen-bond donors (Lipinski definition) is 1. The van der Waals surface area contributed by atoms with Crippen molar-refractivity contribution in [1.29, 1.82) is 0 Å². The number of nitrogens with one attached hydrogen (secondary N) is 1. The first-order chi connectivity index (χ1) is 13.0. The Morgan fingerprint density at radius 1 is 1.00 bits per heavy atom. The van der Waals surface area contributed by atoms with Crippen LogP contribution in [0.3, 0.4) is 0 Å². The van der Waals surface area contributed by atoms with Crippen LogP contribution in [0.15, 0.2) is 48.5 Å². The van der Waals surface area contributed by atoms with Gasteiger partial charge in [0.05, 0.1) is 12.6 Å². The van der Waals surface area contributed by atoms with E-state index in [1.54, 1.807) is 37.3 Å². The number of carbonyl (C=O) groups excluding carboxylic acids is 2. The summed E-state index contributed by atoms with van der Waals surface area (Å²) in [6, 6.07) is 13.8. The van der Waals surface area contributed by atoms with E-state index in [4.69, 9.17) is 25.8 Å². The number of rotatable bonds is 9. The van der Waals surface area contributed by atoms with Gasteiger partial charge in [0.25, 0.3) is 5.91 Å². The lowest BCUT2D eigenvalue weighted by molar-refractivity contribution is -0.150. The average molecular weight is 392 g/mol. The third-order valence-corrected chi connectivity index (χ3v) is 3.95. The fourth-order valence-electron chi connectivity index (χ4n) is 2.32. The first-order valence-electron chi connectivity index (χ1n) is 8.54. The summed E-state index contributed by atoms with van der Waals surface area (Å²) in [5, 5.41) is 3.29. The number of esters is 1. The molecule has 0 aliphatic rings. The Kier molecular flexibility index (Phi) is 7.95. The topological polar surface area (TPSA) is 73.9 Å². The predicted octanol–water partition coefficient (Wildman–Crippen LogP) is 3.54. The van der Waals surface area contributed by atoms with Gasteiger partial charge < -0.3 is 19.5 Å². The number of hydrogen-bond acceptors (Lipinski definition) is 5. The molecule has 0 bridgehead atoms. The molecule has 0 unspecified atom stereocenters. The van der Waals surface area contributed by atoms with Gasteiger partial charge in [0.1, 0.15) is 11.5 Å². The molecule has 2 aromatic carbocycles. The van der Waals surface area contributed by atoms with Gasteiger partial charge >= 0.3 is 5.97 Å². The normalized spacial score (nSPS) is 11.4. The molecule has 6 nitrogen and oxygen atoms in total. The van der Waals surface area contributed by atoms with Crippen LogP contribution in [0.1, 0.15) is 25.5 Å². The van der Waals surface area contributed by atoms with Gasteiger partial charge in [0.15, 0.2) is 13.2 Å². The summed E-state index contributed by atoms with van der Waals surface area (Å²) in [6.07, 6.45) is 0. The van der Waals surface area contributed by atoms with Crippen molar-refractivity contribution in [3.05, 3.63) is 59.1 Å². The molecule has 0 heterocycles. The van der Waals surface area contributed by atoms with Crippen LogP contribution < -0.4 is 14.8 Å². The van der Waals surface area contributed by atoms with Crippen molar-refractivity contribution in [1.82, 2.24) is 5.32 Å². The third kappa shape index (κ3) is 6.83. The van der Waals surface area contributed by atoms with Crippen molar-refractivity contribution in [2.45, 2.75) is 19.9 Å². The van der Waals surface area contributed by atoms with Crippen molar-refractivity contribution in [3.8, 4) is 11.5 Å². The average Bonchev–Trinajstić information content (AvgIpc) is 2.66. The summed E-state index contributed by atoms with van der Waals surface area (Å²) in [7, 11) is 0. The number of ether oxygens (including phenoxy) is 3. The zero-order chi connectivity index (χ0) is 19.6. The monoisotopic (exact) mass is 391 g/mol. The number of benzene rings is 2. The van der Waals surface area contributed by atoms with Crippen LogP contribution in [-0.2, 0) is 14.3 Å². The summed E-state index contributed by atoms with van der Waals surface area (Å²) < 4.78 is 15.6. The molecule has 1 atom stereocenters. The number of carbonyl (C=O) groups is 2. The molecule has 0 fully saturated rings. The van der Waals surface area contributed by atoms with Crippen LogP contribution in [0.5, 0.6) is 11.5 Å². The zero-order valence-electron chi connectivity index (χ0n) is 15.2. The van der Waals surface area contributed by atoms with E-state index in [0.29, 0.717) is 17.4 Å². The van der Waals surface area contributed by atoms with Crippen LogP contribution in [0.25, 0.3) is 0 Å². The Hall–Kier alpha value is -2.73. The van der Waals surface area contributed by atoms with Gasteiger partial charge in [-0.1, -0.05) is 29.8 Å². The Morgan fingerprint density at radius 3 is 2.26 bits per heavy atom. The highest BCUT2D eigenvalue weighted by molar-refractivity contribution is 6.31. The second-order valence-electron chi connectivity index (χ2n) is 5.66. The Bertz CT molecular complexity index is 763. The molecule has 0 aliphatic carbocycles. The molecule has 7 heteroatoms. The van der Waals surface area contributed by atoms with Gasteiger partial charge in [-0.15, -0.1) is 0 Å². The van der Waals surface area contributed by atoms with Gasteiger partial charge in [-0.25, -0.2) is 4.79 Å². The van der Waals surface area contributed by atoms with Crippen molar-refractivity contribution >= 4 is 23.5 Å². The molecule has 144 valence electrons. The summed E-state index contributed by atoms with van der Waals surface area (Å²) in [5.74, 6) is 0.171. The fourth-order valence-corrected chi connectivity index (χ4v) is 2.62. The van der Waals surface area contributed by atoms with E-state index in [0.717, 1.165) is 11.3 Å². The highest BCUT2D eigenvalue weighted by Crippen LogP contribution is 2.22. The van der Waals surface area contributed by atoms with E-state index >= 15 is 0 Å². The minimum atomic E-state index is -0.635. The van der Waals surface area contributed by atoms with Gasteiger partial charge in [-0.3, -0.25) is 4.79 Å². The van der Waals surface area contributed by atoms with Gasteiger partial charge in [-0.2, -0.15) is 0 Å². The minimum absolute atomic E-state index is 0.290. The second kappa shape index (κ2) is 10.4. The molecule has 0 saturated carbocycles. The van der Waals surface area contributed by atoms with Crippen molar-refractivity contribution in [3.63, 3.8) is 0 Å². The molecular weight excluding hydrogens is 370 g/mol. The molecule has 27 heavy (non-hydrogen) atoms. The predicted molar refractivity (Wildman–Crippen MR) is 102 cm³/mol. The highest BCUT2D eigenvalue weighted by Gasteiger charge is 2.14. The highest BCUT2D eigenvalue weighted by atomic mass is 35.5. The lowest BCUT2D eigenvalue weighted by Gasteiger charge is -2.15. The zero-order valence-corrected chi connectivity index (χ0v) is 16.0. The molecule has 1 amide bonds. The molecule has 2 rings (SSSR count). The van der Waals surface area contributed by atoms with Crippen LogP contribution in [0.4, 0.5) is 0 Å². The maximum Gasteiger partial charge on any atom is 0.344 e. The summed E-state index contributed by atoms with van der Waals surface area (Å²) in [6.45, 7) is 3.59. The number of halogens is 1. The van der Waals surface area contributed by atoms with E-state index in [-0.39, 0.29) is 19.3 Å². The van der Waals surface area contributed by atoms with Crippen molar-refractivity contribution in [2.24, 2.45) is 0 Å². The molecule has 0 radical (unpaired) electrons. The van der Waals surface area contributed by atoms with Crippen LogP contribution in [0, 0.1) is 0 Å². The molecule has 0 aliphatic heterocycles. The maximum atomic E-state index is 11.9. The molecular formula is C20H22ClNO5. The van der Waals surface area contributed by atoms with Gasteiger partial charge in [0, 0.05) is 5.02 Å². The smallest absolute Gasteiger partial charge is 0.344 e. The van der Waals surface area contributed by atoms with Crippen molar-refractivity contribution < 1.29 is 23.8 Å². The van der Waals surface area contributed by atoms with Gasteiger partial charge in [0.2, 0.25) is 0 Å². The maximum absolute atomic E-state index is 11.9. The Balaban J connectivity index is 1.71. The molecule has 0 saturated heterocycles. The molecule has 0 spiro atoms. The fraction of sp³-hybridized carbons (Fsp3) is 0.300. The van der Waals surface area contributed by atoms with E-state index in [2.05, 4.69) is 5.32 Å². The lowest BCUT2D eigenvalue weighted by Crippen LogP contribution is -2.32. The Morgan fingerprint density at radius 2 is 1.63 bits per heavy atom.